The van der Waals surface area contributed by atoms with Crippen molar-refractivity contribution in [2.45, 2.75) is 25.4 Å². The molecule has 0 aliphatic heterocycles. The minimum atomic E-state index is -0.102. The average molecular weight is 150 g/mol. The van der Waals surface area contributed by atoms with Crippen LogP contribution in [0.15, 0.2) is 12.2 Å². The number of allylic oxidation sites excluding steroid dienone is 1. The van der Waals surface area contributed by atoms with E-state index in [1.165, 1.54) is 19.3 Å². The first kappa shape index (κ1) is 6.24. The Labute approximate surface area is 67.1 Å². The molecule has 11 heavy (non-hydrogen) atoms. The minimum Gasteiger partial charge on any atom is -0.389 e. The Kier molecular flexibility index (Phi) is 1.07. The third kappa shape index (κ3) is 0.652. The van der Waals surface area contributed by atoms with E-state index in [0.29, 0.717) is 5.92 Å². The summed E-state index contributed by atoms with van der Waals surface area (Å²) in [5.74, 6) is 3.16. The fourth-order valence-electron chi connectivity index (χ4n) is 3.54. The second-order valence-corrected chi connectivity index (χ2v) is 4.36. The maximum atomic E-state index is 9.63. The van der Waals surface area contributed by atoms with Crippen LogP contribution < -0.4 is 0 Å². The highest BCUT2D eigenvalue weighted by molar-refractivity contribution is 5.16. The molecule has 2 saturated carbocycles. The van der Waals surface area contributed by atoms with E-state index in [0.717, 1.165) is 17.8 Å². The Hall–Kier alpha value is -0.300. The van der Waals surface area contributed by atoms with Gasteiger partial charge in [0.25, 0.3) is 0 Å². The molecule has 0 heterocycles. The molecule has 1 heteroatoms. The van der Waals surface area contributed by atoms with Gasteiger partial charge in [-0.25, -0.2) is 0 Å². The first-order valence-electron chi connectivity index (χ1n) is 4.72. The monoisotopic (exact) mass is 150 g/mol. The van der Waals surface area contributed by atoms with Crippen LogP contribution in [0.3, 0.4) is 0 Å². The Morgan fingerprint density at radius 2 is 1.91 bits per heavy atom. The largest absolute Gasteiger partial charge is 0.389 e. The van der Waals surface area contributed by atoms with Crippen LogP contribution in [0.1, 0.15) is 19.3 Å². The van der Waals surface area contributed by atoms with Crippen molar-refractivity contribution in [1.29, 1.82) is 0 Å². The van der Waals surface area contributed by atoms with Crippen molar-refractivity contribution in [2.24, 2.45) is 23.7 Å². The summed E-state index contributed by atoms with van der Waals surface area (Å²) in [6.45, 7) is 0. The number of fused-ring (bicyclic) bond motifs is 5. The molecular weight excluding hydrogens is 136 g/mol. The summed E-state index contributed by atoms with van der Waals surface area (Å²) in [6.07, 6.45) is 8.37. The normalized spacial score (nSPS) is 58.8. The molecule has 3 aliphatic rings. The molecule has 3 rings (SSSR count). The Bertz CT molecular complexity index is 209. The zero-order chi connectivity index (χ0) is 7.42. The van der Waals surface area contributed by atoms with Crippen LogP contribution >= 0.6 is 0 Å². The Morgan fingerprint density at radius 3 is 2.73 bits per heavy atom. The first-order valence-corrected chi connectivity index (χ1v) is 4.72. The van der Waals surface area contributed by atoms with Gasteiger partial charge in [0.2, 0.25) is 0 Å². The molecule has 2 fully saturated rings. The van der Waals surface area contributed by atoms with Gasteiger partial charge in [-0.2, -0.15) is 0 Å². The molecule has 0 spiro atoms. The van der Waals surface area contributed by atoms with Gasteiger partial charge in [-0.05, 0) is 42.9 Å². The molecule has 2 bridgehead atoms. The van der Waals surface area contributed by atoms with Crippen LogP contribution in [0.4, 0.5) is 0 Å². The van der Waals surface area contributed by atoms with Crippen molar-refractivity contribution in [2.75, 3.05) is 0 Å². The van der Waals surface area contributed by atoms with Crippen molar-refractivity contribution < 1.29 is 5.11 Å². The molecule has 3 aliphatic carbocycles. The number of aliphatic hydroxyl groups excluding tert-OH is 1. The lowest BCUT2D eigenvalue weighted by atomic mass is 9.80. The van der Waals surface area contributed by atoms with E-state index in [9.17, 15) is 5.11 Å². The molecule has 0 aromatic heterocycles. The van der Waals surface area contributed by atoms with Crippen LogP contribution in [-0.4, -0.2) is 11.2 Å². The molecule has 0 saturated heterocycles. The van der Waals surface area contributed by atoms with Gasteiger partial charge in [-0.3, -0.25) is 0 Å². The highest BCUT2D eigenvalue weighted by Crippen LogP contribution is 2.56. The third-order valence-corrected chi connectivity index (χ3v) is 3.97. The predicted molar refractivity (Wildman–Crippen MR) is 43.0 cm³/mol. The predicted octanol–water partition coefficient (Wildman–Crippen LogP) is 1.58. The summed E-state index contributed by atoms with van der Waals surface area (Å²) >= 11 is 0. The number of aliphatic hydroxyl groups is 1. The quantitative estimate of drug-likeness (QED) is 0.520. The molecule has 1 nitrogen and oxygen atoms in total. The van der Waals surface area contributed by atoms with E-state index in [2.05, 4.69) is 6.08 Å². The minimum absolute atomic E-state index is 0.102. The lowest BCUT2D eigenvalue weighted by molar-refractivity contribution is 0.105. The number of hydrogen-bond donors (Lipinski definition) is 1. The molecule has 0 aromatic rings. The summed E-state index contributed by atoms with van der Waals surface area (Å²) in [7, 11) is 0. The molecular formula is C10H14O. The lowest BCUT2D eigenvalue weighted by Crippen LogP contribution is -2.25. The van der Waals surface area contributed by atoms with Gasteiger partial charge < -0.3 is 5.11 Å². The van der Waals surface area contributed by atoms with Gasteiger partial charge in [-0.15, -0.1) is 0 Å². The molecule has 0 radical (unpaired) electrons. The van der Waals surface area contributed by atoms with Crippen LogP contribution in [0.2, 0.25) is 0 Å². The van der Waals surface area contributed by atoms with E-state index >= 15 is 0 Å². The molecule has 1 N–H and O–H groups in total. The summed E-state index contributed by atoms with van der Waals surface area (Å²) in [6, 6.07) is 0. The SMILES string of the molecule is O[C@H]1C=C[C@H]2[C@H]3CC[C@H](C3)[C@H]21. The zero-order valence-electron chi connectivity index (χ0n) is 6.61. The van der Waals surface area contributed by atoms with Crippen LogP contribution in [0.5, 0.6) is 0 Å². The van der Waals surface area contributed by atoms with Gasteiger partial charge in [0.15, 0.2) is 0 Å². The highest BCUT2D eigenvalue weighted by Gasteiger charge is 2.50. The number of hydrogen-bond acceptors (Lipinski definition) is 1. The molecule has 0 aromatic carbocycles. The maximum Gasteiger partial charge on any atom is 0.0757 e. The summed E-state index contributed by atoms with van der Waals surface area (Å²) in [4.78, 5) is 0. The van der Waals surface area contributed by atoms with Gasteiger partial charge in [0.1, 0.15) is 0 Å². The second kappa shape index (κ2) is 1.89. The van der Waals surface area contributed by atoms with Gasteiger partial charge in [0.05, 0.1) is 6.10 Å². The Balaban J connectivity index is 1.96. The molecule has 0 amide bonds. The van der Waals surface area contributed by atoms with E-state index in [-0.39, 0.29) is 6.10 Å². The zero-order valence-corrected chi connectivity index (χ0v) is 6.61. The average Bonchev–Trinajstić information content (AvgIpc) is 2.60. The first-order chi connectivity index (χ1) is 5.36. The summed E-state index contributed by atoms with van der Waals surface area (Å²) in [5, 5.41) is 9.63. The molecule has 60 valence electrons. The molecule has 0 unspecified atom stereocenters. The van der Waals surface area contributed by atoms with Crippen molar-refractivity contribution >= 4 is 0 Å². The Morgan fingerprint density at radius 1 is 1.09 bits per heavy atom. The van der Waals surface area contributed by atoms with Gasteiger partial charge in [-0.1, -0.05) is 12.2 Å². The van der Waals surface area contributed by atoms with Crippen LogP contribution in [0, 0.1) is 23.7 Å². The van der Waals surface area contributed by atoms with Crippen molar-refractivity contribution in [3.05, 3.63) is 12.2 Å². The van der Waals surface area contributed by atoms with Crippen LogP contribution in [0.25, 0.3) is 0 Å². The third-order valence-electron chi connectivity index (χ3n) is 3.97. The van der Waals surface area contributed by atoms with Crippen molar-refractivity contribution in [1.82, 2.24) is 0 Å². The summed E-state index contributed by atoms with van der Waals surface area (Å²) < 4.78 is 0. The van der Waals surface area contributed by atoms with Crippen molar-refractivity contribution in [3.63, 3.8) is 0 Å². The second-order valence-electron chi connectivity index (χ2n) is 4.36. The van der Waals surface area contributed by atoms with E-state index in [1.54, 1.807) is 0 Å². The highest BCUT2D eigenvalue weighted by atomic mass is 16.3. The van der Waals surface area contributed by atoms with Crippen LogP contribution in [-0.2, 0) is 0 Å². The maximum absolute atomic E-state index is 9.63. The lowest BCUT2D eigenvalue weighted by Gasteiger charge is -2.26. The topological polar surface area (TPSA) is 20.2 Å². The van der Waals surface area contributed by atoms with Gasteiger partial charge in [0, 0.05) is 0 Å². The van der Waals surface area contributed by atoms with E-state index < -0.39 is 0 Å². The van der Waals surface area contributed by atoms with Gasteiger partial charge >= 0.3 is 0 Å². The number of rotatable bonds is 0. The molecule has 5 atom stereocenters. The van der Waals surface area contributed by atoms with E-state index in [4.69, 9.17) is 0 Å². The smallest absolute Gasteiger partial charge is 0.0757 e. The fourth-order valence-corrected chi connectivity index (χ4v) is 3.54. The standard InChI is InChI=1S/C10H14O/c11-9-4-3-8-6-1-2-7(5-6)10(8)9/h3-4,6-11H,1-2,5H2/t6-,7+,8-,9-,10+/m0/s1. The van der Waals surface area contributed by atoms with E-state index in [1.807, 2.05) is 6.08 Å². The summed E-state index contributed by atoms with van der Waals surface area (Å²) in [5.41, 5.74) is 0. The van der Waals surface area contributed by atoms with Crippen molar-refractivity contribution in [3.8, 4) is 0 Å². The fraction of sp³-hybridized carbons (Fsp3) is 0.800.